The third-order valence-corrected chi connectivity index (χ3v) is 4.68. The normalized spacial score (nSPS) is 11.0. The van der Waals surface area contributed by atoms with Gasteiger partial charge in [-0.25, -0.2) is 0 Å². The van der Waals surface area contributed by atoms with E-state index in [0.717, 1.165) is 15.6 Å². The van der Waals surface area contributed by atoms with Crippen molar-refractivity contribution in [3.05, 3.63) is 23.1 Å². The Kier molecular flexibility index (Phi) is 3.04. The summed E-state index contributed by atoms with van der Waals surface area (Å²) in [4.78, 5) is 1.16. The molecule has 4 heteroatoms. The van der Waals surface area contributed by atoms with E-state index < -0.39 is 0 Å². The van der Waals surface area contributed by atoms with Gasteiger partial charge < -0.3 is 5.11 Å². The van der Waals surface area contributed by atoms with Gasteiger partial charge in [0.05, 0.1) is 0 Å². The Hall–Kier alpha value is -0.190. The minimum absolute atomic E-state index is 0.385. The number of aromatic hydroxyl groups is 1. The van der Waals surface area contributed by atoms with Gasteiger partial charge in [-0.2, -0.15) is 0 Å². The largest absolute Gasteiger partial charge is 0.507 e. The molecular formula is C10H9BrOS2. The molecule has 1 N–H and O–H groups in total. The van der Waals surface area contributed by atoms with E-state index in [0.29, 0.717) is 5.75 Å². The van der Waals surface area contributed by atoms with Crippen molar-refractivity contribution in [2.75, 3.05) is 6.26 Å². The highest BCUT2D eigenvalue weighted by molar-refractivity contribution is 9.08. The summed E-state index contributed by atoms with van der Waals surface area (Å²) >= 11 is 6.82. The zero-order chi connectivity index (χ0) is 10.1. The van der Waals surface area contributed by atoms with Gasteiger partial charge in [-0.05, 0) is 17.9 Å². The molecule has 0 saturated carbocycles. The van der Waals surface area contributed by atoms with Crippen LogP contribution in [0.25, 0.3) is 10.1 Å². The van der Waals surface area contributed by atoms with Crippen LogP contribution in [0.3, 0.4) is 0 Å². The van der Waals surface area contributed by atoms with Crippen molar-refractivity contribution in [1.82, 2.24) is 0 Å². The fourth-order valence-corrected chi connectivity index (χ4v) is 4.04. The van der Waals surface area contributed by atoms with E-state index in [1.165, 1.54) is 10.3 Å². The first-order valence-corrected chi connectivity index (χ1v) is 7.32. The number of benzene rings is 1. The second-order valence-electron chi connectivity index (χ2n) is 2.89. The van der Waals surface area contributed by atoms with Gasteiger partial charge in [0.25, 0.3) is 0 Å². The highest BCUT2D eigenvalue weighted by Crippen LogP contribution is 2.40. The Morgan fingerprint density at radius 1 is 1.50 bits per heavy atom. The molecule has 0 unspecified atom stereocenters. The van der Waals surface area contributed by atoms with Crippen molar-refractivity contribution in [2.24, 2.45) is 0 Å². The van der Waals surface area contributed by atoms with Gasteiger partial charge >= 0.3 is 0 Å². The lowest BCUT2D eigenvalue weighted by molar-refractivity contribution is 0.481. The lowest BCUT2D eigenvalue weighted by Gasteiger charge is -2.01. The second-order valence-corrected chi connectivity index (χ2v) is 5.17. The zero-order valence-corrected chi connectivity index (χ0v) is 10.8. The average Bonchev–Trinajstić information content (AvgIpc) is 2.63. The Morgan fingerprint density at radius 2 is 2.29 bits per heavy atom. The molecule has 0 fully saturated rings. The topological polar surface area (TPSA) is 20.2 Å². The summed E-state index contributed by atoms with van der Waals surface area (Å²) < 4.78 is 1.19. The van der Waals surface area contributed by atoms with Crippen molar-refractivity contribution in [1.29, 1.82) is 0 Å². The molecule has 0 amide bonds. The molecule has 1 heterocycles. The maximum Gasteiger partial charge on any atom is 0.125 e. The summed E-state index contributed by atoms with van der Waals surface area (Å²) in [6.07, 6.45) is 2.03. The van der Waals surface area contributed by atoms with E-state index in [9.17, 15) is 5.11 Å². The minimum Gasteiger partial charge on any atom is -0.507 e. The van der Waals surface area contributed by atoms with Gasteiger partial charge in [-0.15, -0.1) is 23.1 Å². The summed E-state index contributed by atoms with van der Waals surface area (Å²) in [6, 6.07) is 3.73. The summed E-state index contributed by atoms with van der Waals surface area (Å²) in [6.45, 7) is 0. The predicted octanol–water partition coefficient (Wildman–Crippen LogP) is 4.22. The molecule has 0 aliphatic heterocycles. The van der Waals surface area contributed by atoms with Crippen LogP contribution in [0.2, 0.25) is 0 Å². The first-order chi connectivity index (χ1) is 6.77. The monoisotopic (exact) mass is 288 g/mol. The molecular weight excluding hydrogens is 280 g/mol. The van der Waals surface area contributed by atoms with E-state index in [-0.39, 0.29) is 0 Å². The molecule has 74 valence electrons. The summed E-state index contributed by atoms with van der Waals surface area (Å²) in [5.41, 5.74) is 1.24. The third kappa shape index (κ3) is 1.55. The maximum absolute atomic E-state index is 9.77. The van der Waals surface area contributed by atoms with Gasteiger partial charge in [-0.3, -0.25) is 0 Å². The highest BCUT2D eigenvalue weighted by Gasteiger charge is 2.10. The molecule has 0 saturated heterocycles. The predicted molar refractivity (Wildman–Crippen MR) is 67.9 cm³/mol. The number of thiophene rings is 1. The highest BCUT2D eigenvalue weighted by atomic mass is 79.9. The van der Waals surface area contributed by atoms with Gasteiger partial charge in [0, 0.05) is 25.7 Å². The van der Waals surface area contributed by atoms with Crippen molar-refractivity contribution in [2.45, 2.75) is 10.2 Å². The number of phenolic OH excluding ortho intramolecular Hbond substituents is 1. The van der Waals surface area contributed by atoms with E-state index >= 15 is 0 Å². The minimum atomic E-state index is 0.385. The van der Waals surface area contributed by atoms with E-state index in [2.05, 4.69) is 21.3 Å². The smallest absolute Gasteiger partial charge is 0.125 e. The van der Waals surface area contributed by atoms with Crippen molar-refractivity contribution in [3.8, 4) is 5.75 Å². The lowest BCUT2D eigenvalue weighted by Crippen LogP contribution is -1.78. The first-order valence-electron chi connectivity index (χ1n) is 4.10. The van der Waals surface area contributed by atoms with Crippen LogP contribution in [0, 0.1) is 0 Å². The molecule has 2 aromatic rings. The van der Waals surface area contributed by atoms with Gasteiger partial charge in [-0.1, -0.05) is 22.0 Å². The molecule has 0 spiro atoms. The molecule has 0 atom stereocenters. The standard InChI is InChI=1S/C10H9BrOS2/c1-13-8-5-14-10-6(4-11)2-3-7(12)9(8)10/h2-3,5,12H,4H2,1H3. The first kappa shape index (κ1) is 10.3. The van der Waals surface area contributed by atoms with Crippen LogP contribution in [0.15, 0.2) is 22.4 Å². The Balaban J connectivity index is 2.80. The molecule has 1 aromatic heterocycles. The van der Waals surface area contributed by atoms with Gasteiger partial charge in [0.2, 0.25) is 0 Å². The van der Waals surface area contributed by atoms with Crippen molar-refractivity contribution < 1.29 is 5.11 Å². The second kappa shape index (κ2) is 4.13. The van der Waals surface area contributed by atoms with Crippen LogP contribution < -0.4 is 0 Å². The molecule has 1 nitrogen and oxygen atoms in total. The molecule has 14 heavy (non-hydrogen) atoms. The van der Waals surface area contributed by atoms with Crippen LogP contribution in [0.1, 0.15) is 5.56 Å². The Labute approximate surface area is 99.3 Å². The van der Waals surface area contributed by atoms with Crippen molar-refractivity contribution in [3.63, 3.8) is 0 Å². The number of alkyl halides is 1. The number of hydrogen-bond donors (Lipinski definition) is 1. The summed E-state index contributed by atoms with van der Waals surface area (Å²) in [5, 5.41) is 13.7. The number of thioether (sulfide) groups is 1. The quantitative estimate of drug-likeness (QED) is 0.659. The molecule has 2 rings (SSSR count). The molecule has 1 aromatic carbocycles. The number of rotatable bonds is 2. The van der Waals surface area contributed by atoms with Crippen LogP contribution in [0.4, 0.5) is 0 Å². The van der Waals surface area contributed by atoms with Crippen LogP contribution in [0.5, 0.6) is 5.75 Å². The summed E-state index contributed by atoms with van der Waals surface area (Å²) in [5.74, 6) is 0.385. The molecule has 0 radical (unpaired) electrons. The SMILES string of the molecule is CSc1csc2c(CBr)ccc(O)c12. The van der Waals surface area contributed by atoms with Crippen LogP contribution >= 0.6 is 39.0 Å². The average molecular weight is 289 g/mol. The van der Waals surface area contributed by atoms with E-state index in [1.54, 1.807) is 29.2 Å². The number of hydrogen-bond acceptors (Lipinski definition) is 3. The van der Waals surface area contributed by atoms with Crippen molar-refractivity contribution >= 4 is 49.1 Å². The van der Waals surface area contributed by atoms with Crippen LogP contribution in [-0.4, -0.2) is 11.4 Å². The lowest BCUT2D eigenvalue weighted by atomic mass is 10.2. The molecule has 0 aliphatic rings. The Morgan fingerprint density at radius 3 is 2.93 bits per heavy atom. The molecule has 0 bridgehead atoms. The fraction of sp³-hybridized carbons (Fsp3) is 0.200. The number of halogens is 1. The third-order valence-electron chi connectivity index (χ3n) is 2.11. The molecule has 0 aliphatic carbocycles. The summed E-state index contributed by atoms with van der Waals surface area (Å²) in [7, 11) is 0. The van der Waals surface area contributed by atoms with Gasteiger partial charge in [0.15, 0.2) is 0 Å². The van der Waals surface area contributed by atoms with Crippen LogP contribution in [-0.2, 0) is 5.33 Å². The fourth-order valence-electron chi connectivity index (χ4n) is 1.41. The van der Waals surface area contributed by atoms with Gasteiger partial charge in [0.1, 0.15) is 5.75 Å². The Bertz CT molecular complexity index is 464. The van der Waals surface area contributed by atoms with E-state index in [1.807, 2.05) is 12.3 Å². The zero-order valence-electron chi connectivity index (χ0n) is 7.58. The maximum atomic E-state index is 9.77. The number of phenols is 1. The van der Waals surface area contributed by atoms with E-state index in [4.69, 9.17) is 0 Å². The number of fused-ring (bicyclic) bond motifs is 1.